The van der Waals surface area contributed by atoms with E-state index in [1.54, 1.807) is 12.1 Å². The number of benzene rings is 2. The Kier molecular flexibility index (Phi) is 6.82. The molecule has 0 aliphatic carbocycles. The summed E-state index contributed by atoms with van der Waals surface area (Å²) in [7, 11) is -3.61. The molecule has 1 N–H and O–H groups in total. The molecule has 33 heavy (non-hydrogen) atoms. The molecule has 4 rings (SSSR count). The number of carbonyl (C=O) groups excluding carboxylic acids is 1. The fourth-order valence-electron chi connectivity index (χ4n) is 4.93. The first-order valence-electron chi connectivity index (χ1n) is 12.0. The van der Waals surface area contributed by atoms with Crippen LogP contribution >= 0.6 is 0 Å². The van der Waals surface area contributed by atoms with E-state index in [0.29, 0.717) is 25.1 Å². The van der Waals surface area contributed by atoms with Crippen molar-refractivity contribution in [3.05, 3.63) is 59.2 Å². The second-order valence-corrected chi connectivity index (χ2v) is 11.1. The summed E-state index contributed by atoms with van der Waals surface area (Å²) in [5.74, 6) is 0.543. The number of hydrogen-bond acceptors (Lipinski definition) is 4. The lowest BCUT2D eigenvalue weighted by molar-refractivity contribution is 0.0227. The number of para-hydroxylation sites is 1. The van der Waals surface area contributed by atoms with Gasteiger partial charge in [-0.05, 0) is 56.4 Å². The highest BCUT2D eigenvalue weighted by molar-refractivity contribution is 7.89. The van der Waals surface area contributed by atoms with Gasteiger partial charge in [0.15, 0.2) is 0 Å². The van der Waals surface area contributed by atoms with Gasteiger partial charge in [0.2, 0.25) is 10.0 Å². The van der Waals surface area contributed by atoms with E-state index in [0.717, 1.165) is 49.0 Å². The minimum absolute atomic E-state index is 0.184. The van der Waals surface area contributed by atoms with Gasteiger partial charge in [-0.2, -0.15) is 4.31 Å². The maximum atomic E-state index is 13.4. The van der Waals surface area contributed by atoms with Crippen LogP contribution in [0.5, 0.6) is 5.75 Å². The minimum atomic E-state index is -3.61. The molecule has 1 saturated heterocycles. The van der Waals surface area contributed by atoms with E-state index in [1.165, 1.54) is 10.4 Å². The number of amides is 1. The SMILES string of the molecule is CCC1(CC)CC(NC(=O)c2cc(S(=O)(=O)N3CCCCC3)ccc2C)c2ccccc2O1. The summed E-state index contributed by atoms with van der Waals surface area (Å²) >= 11 is 0. The molecular formula is C26H34N2O4S. The Morgan fingerprint density at radius 1 is 1.09 bits per heavy atom. The topological polar surface area (TPSA) is 75.7 Å². The molecule has 6 nitrogen and oxygen atoms in total. The number of ether oxygens (including phenoxy) is 1. The Balaban J connectivity index is 1.63. The predicted molar refractivity (Wildman–Crippen MR) is 129 cm³/mol. The van der Waals surface area contributed by atoms with Gasteiger partial charge < -0.3 is 10.1 Å². The lowest BCUT2D eigenvalue weighted by Gasteiger charge is -2.41. The van der Waals surface area contributed by atoms with Gasteiger partial charge in [-0.3, -0.25) is 4.79 Å². The first kappa shape index (κ1) is 23.8. The number of nitrogens with zero attached hydrogens (tertiary/aromatic N) is 1. The van der Waals surface area contributed by atoms with Crippen molar-refractivity contribution in [1.82, 2.24) is 9.62 Å². The summed E-state index contributed by atoms with van der Waals surface area (Å²) in [5, 5.41) is 3.19. The Morgan fingerprint density at radius 2 is 1.79 bits per heavy atom. The van der Waals surface area contributed by atoms with E-state index in [1.807, 2.05) is 31.2 Å². The van der Waals surface area contributed by atoms with Crippen LogP contribution in [0.3, 0.4) is 0 Å². The zero-order valence-electron chi connectivity index (χ0n) is 19.8. The van der Waals surface area contributed by atoms with Crippen molar-refractivity contribution >= 4 is 15.9 Å². The molecule has 0 saturated carbocycles. The van der Waals surface area contributed by atoms with Crippen LogP contribution in [0.2, 0.25) is 0 Å². The summed E-state index contributed by atoms with van der Waals surface area (Å²) < 4.78 is 34.2. The molecule has 0 spiro atoms. The third-order valence-corrected chi connectivity index (χ3v) is 9.09. The summed E-state index contributed by atoms with van der Waals surface area (Å²) in [5.41, 5.74) is 1.78. The van der Waals surface area contributed by atoms with Crippen LogP contribution in [0, 0.1) is 6.92 Å². The molecule has 1 atom stereocenters. The number of carbonyl (C=O) groups is 1. The molecule has 2 heterocycles. The number of hydrogen-bond donors (Lipinski definition) is 1. The lowest BCUT2D eigenvalue weighted by atomic mass is 9.83. The van der Waals surface area contributed by atoms with E-state index in [-0.39, 0.29) is 22.4 Å². The van der Waals surface area contributed by atoms with Crippen LogP contribution in [-0.2, 0) is 10.0 Å². The quantitative estimate of drug-likeness (QED) is 0.646. The number of fused-ring (bicyclic) bond motifs is 1. The average molecular weight is 471 g/mol. The van der Waals surface area contributed by atoms with E-state index >= 15 is 0 Å². The Labute approximate surface area is 197 Å². The predicted octanol–water partition coefficient (Wildman–Crippen LogP) is 4.98. The number of rotatable bonds is 6. The summed E-state index contributed by atoms with van der Waals surface area (Å²) in [6, 6.07) is 12.5. The van der Waals surface area contributed by atoms with Gasteiger partial charge >= 0.3 is 0 Å². The van der Waals surface area contributed by atoms with Gasteiger partial charge in [0.05, 0.1) is 10.9 Å². The van der Waals surface area contributed by atoms with Crippen molar-refractivity contribution < 1.29 is 17.9 Å². The van der Waals surface area contributed by atoms with Gasteiger partial charge in [-0.15, -0.1) is 0 Å². The van der Waals surface area contributed by atoms with Crippen molar-refractivity contribution in [2.45, 2.75) is 75.8 Å². The standard InChI is InChI=1S/C26H34N2O4S/c1-4-26(5-2)18-23(21-11-7-8-12-24(21)32-26)27-25(29)22-17-20(14-13-19(22)3)33(30,31)28-15-9-6-10-16-28/h7-8,11-14,17,23H,4-6,9-10,15-16,18H2,1-3H3,(H,27,29). The molecule has 0 aromatic heterocycles. The maximum absolute atomic E-state index is 13.4. The Hall–Kier alpha value is -2.38. The largest absolute Gasteiger partial charge is 0.487 e. The number of aryl methyl sites for hydroxylation is 1. The molecule has 2 aromatic carbocycles. The second kappa shape index (κ2) is 9.47. The van der Waals surface area contributed by atoms with Gasteiger partial charge in [0, 0.05) is 30.6 Å². The third kappa shape index (κ3) is 4.66. The molecule has 1 unspecified atom stereocenters. The highest BCUT2D eigenvalue weighted by Crippen LogP contribution is 2.42. The van der Waals surface area contributed by atoms with Gasteiger partial charge in [-0.1, -0.05) is 44.5 Å². The normalized spacial score (nSPS) is 20.5. The lowest BCUT2D eigenvalue weighted by Crippen LogP contribution is -2.44. The van der Waals surface area contributed by atoms with E-state index in [4.69, 9.17) is 4.74 Å². The molecule has 7 heteroatoms. The maximum Gasteiger partial charge on any atom is 0.252 e. The van der Waals surface area contributed by atoms with Crippen molar-refractivity contribution in [2.24, 2.45) is 0 Å². The van der Waals surface area contributed by atoms with Crippen LogP contribution < -0.4 is 10.1 Å². The van der Waals surface area contributed by atoms with Crippen molar-refractivity contribution in [3.63, 3.8) is 0 Å². The van der Waals surface area contributed by atoms with E-state index in [9.17, 15) is 13.2 Å². The molecule has 1 amide bonds. The van der Waals surface area contributed by atoms with Crippen LogP contribution in [0.25, 0.3) is 0 Å². The monoisotopic (exact) mass is 470 g/mol. The van der Waals surface area contributed by atoms with Gasteiger partial charge in [0.1, 0.15) is 11.4 Å². The second-order valence-electron chi connectivity index (χ2n) is 9.20. The van der Waals surface area contributed by atoms with Crippen LogP contribution in [-0.4, -0.2) is 37.3 Å². The van der Waals surface area contributed by atoms with Crippen LogP contribution in [0.15, 0.2) is 47.4 Å². The molecule has 2 aliphatic rings. The van der Waals surface area contributed by atoms with Gasteiger partial charge in [0.25, 0.3) is 5.91 Å². The fourth-order valence-corrected chi connectivity index (χ4v) is 6.47. The number of nitrogens with one attached hydrogen (secondary N) is 1. The Bertz CT molecular complexity index is 1120. The van der Waals surface area contributed by atoms with Crippen LogP contribution in [0.4, 0.5) is 0 Å². The number of piperidine rings is 1. The summed E-state index contributed by atoms with van der Waals surface area (Å²) in [6.07, 6.45) is 5.15. The van der Waals surface area contributed by atoms with Crippen molar-refractivity contribution in [1.29, 1.82) is 0 Å². The minimum Gasteiger partial charge on any atom is -0.487 e. The third-order valence-electron chi connectivity index (χ3n) is 7.20. The van der Waals surface area contributed by atoms with E-state index in [2.05, 4.69) is 19.2 Å². The summed E-state index contributed by atoms with van der Waals surface area (Å²) in [4.78, 5) is 13.6. The van der Waals surface area contributed by atoms with Crippen LogP contribution in [0.1, 0.15) is 79.9 Å². The van der Waals surface area contributed by atoms with Crippen molar-refractivity contribution in [3.8, 4) is 5.75 Å². The molecule has 2 aliphatic heterocycles. The zero-order chi connectivity index (χ0) is 23.6. The van der Waals surface area contributed by atoms with E-state index < -0.39 is 10.0 Å². The molecule has 0 bridgehead atoms. The number of sulfonamides is 1. The molecule has 178 valence electrons. The molecule has 1 fully saturated rings. The van der Waals surface area contributed by atoms with Crippen molar-refractivity contribution in [2.75, 3.05) is 13.1 Å². The smallest absolute Gasteiger partial charge is 0.252 e. The van der Waals surface area contributed by atoms with Gasteiger partial charge in [-0.25, -0.2) is 8.42 Å². The highest BCUT2D eigenvalue weighted by atomic mass is 32.2. The summed E-state index contributed by atoms with van der Waals surface area (Å²) in [6.45, 7) is 7.12. The first-order valence-corrected chi connectivity index (χ1v) is 13.4. The molecule has 0 radical (unpaired) electrons. The zero-order valence-corrected chi connectivity index (χ0v) is 20.6. The molecular weight excluding hydrogens is 436 g/mol. The first-order chi connectivity index (χ1) is 15.8. The fraction of sp³-hybridized carbons (Fsp3) is 0.500. The Morgan fingerprint density at radius 3 is 2.48 bits per heavy atom. The average Bonchev–Trinajstić information content (AvgIpc) is 2.84. The highest BCUT2D eigenvalue weighted by Gasteiger charge is 2.39. The molecule has 2 aromatic rings.